The molecule has 17 heavy (non-hydrogen) atoms. The zero-order valence-electron chi connectivity index (χ0n) is 11.3. The van der Waals surface area contributed by atoms with E-state index in [9.17, 15) is 0 Å². The van der Waals surface area contributed by atoms with Crippen LogP contribution in [0.2, 0.25) is 0 Å². The van der Waals surface area contributed by atoms with Gasteiger partial charge in [0.2, 0.25) is 0 Å². The molecule has 0 amide bonds. The van der Waals surface area contributed by atoms with E-state index in [1.807, 2.05) is 0 Å². The van der Waals surface area contributed by atoms with E-state index in [0.29, 0.717) is 0 Å². The molecule has 2 aliphatic rings. The van der Waals surface area contributed by atoms with Crippen molar-refractivity contribution >= 4 is 0 Å². The second kappa shape index (κ2) is 7.78. The van der Waals surface area contributed by atoms with E-state index in [1.54, 1.807) is 0 Å². The molecule has 1 aliphatic carbocycles. The van der Waals surface area contributed by atoms with Crippen molar-refractivity contribution < 1.29 is 28.5 Å². The molecule has 0 spiro atoms. The van der Waals surface area contributed by atoms with Crippen LogP contribution in [0.25, 0.3) is 0 Å². The van der Waals surface area contributed by atoms with Gasteiger partial charge >= 0.3 is 0 Å². The predicted octanol–water partition coefficient (Wildman–Crippen LogP) is 0.900. The summed E-state index contributed by atoms with van der Waals surface area (Å²) in [5.41, 5.74) is 0. The van der Waals surface area contributed by atoms with E-state index in [2.05, 4.69) is 19.1 Å². The summed E-state index contributed by atoms with van der Waals surface area (Å²) in [6, 6.07) is 0.968. The van der Waals surface area contributed by atoms with E-state index < -0.39 is 0 Å². The summed E-state index contributed by atoms with van der Waals surface area (Å²) in [5.74, 6) is 0. The molecule has 0 aromatic heterocycles. The lowest BCUT2D eigenvalue weighted by molar-refractivity contribution is -0.954. The first-order valence-corrected chi connectivity index (χ1v) is 7.38. The maximum Gasteiger partial charge on any atom is 0.0893 e. The van der Waals surface area contributed by atoms with Gasteiger partial charge in [-0.3, -0.25) is 0 Å². The molecule has 1 saturated heterocycles. The molecule has 0 aromatic carbocycles. The summed E-state index contributed by atoms with van der Waals surface area (Å²) < 4.78 is 1.45. The summed E-state index contributed by atoms with van der Waals surface area (Å²) in [5, 5.41) is 0. The first-order valence-electron chi connectivity index (χ1n) is 7.38. The zero-order chi connectivity index (χ0) is 11.3. The molecule has 1 unspecified atom stereocenters. The molecule has 0 bridgehead atoms. The van der Waals surface area contributed by atoms with Crippen LogP contribution < -0.4 is 24.0 Å². The lowest BCUT2D eigenvalue weighted by Gasteiger charge is -2.47. The number of allylic oxidation sites excluding steroid dienone is 2. The fraction of sp³-hybridized carbons (Fsp3) is 0.867. The third-order valence-electron chi connectivity index (χ3n) is 4.85. The Bertz CT molecular complexity index is 231. The normalized spacial score (nSPS) is 28.9. The predicted molar refractivity (Wildman–Crippen MR) is 70.4 cm³/mol. The van der Waals surface area contributed by atoms with E-state index in [-0.39, 0.29) is 24.0 Å². The molecule has 0 N–H and O–H groups in total. The van der Waals surface area contributed by atoms with Crippen LogP contribution in [0.4, 0.5) is 0 Å². The van der Waals surface area contributed by atoms with E-state index >= 15 is 0 Å². The Hall–Kier alpha value is 0.430. The molecule has 0 radical (unpaired) electrons. The van der Waals surface area contributed by atoms with Crippen molar-refractivity contribution in [2.24, 2.45) is 0 Å². The monoisotopic (exact) mass is 349 g/mol. The molecule has 0 aromatic rings. The van der Waals surface area contributed by atoms with E-state index in [4.69, 9.17) is 0 Å². The number of hydrogen-bond acceptors (Lipinski definition) is 0. The second-order valence-electron chi connectivity index (χ2n) is 5.68. The van der Waals surface area contributed by atoms with Crippen molar-refractivity contribution in [1.82, 2.24) is 0 Å². The standard InChI is InChI=1S/C15H28N.HI/c1-2-16(13-9-6-10-14-16)15-11-7-4-3-5-8-12-15;/h3-4,15H,2,5-14H2,1H3;1H/q+1;/p-1. The van der Waals surface area contributed by atoms with Gasteiger partial charge < -0.3 is 28.5 Å². The van der Waals surface area contributed by atoms with Gasteiger partial charge in [0.15, 0.2) is 0 Å². The molecule has 2 heteroatoms. The van der Waals surface area contributed by atoms with Crippen LogP contribution in [0.3, 0.4) is 0 Å². The van der Waals surface area contributed by atoms with E-state index in [0.717, 1.165) is 6.04 Å². The topological polar surface area (TPSA) is 0 Å². The maximum atomic E-state index is 2.42. The van der Waals surface area contributed by atoms with Crippen molar-refractivity contribution in [1.29, 1.82) is 0 Å². The molecular formula is C15H28IN. The van der Waals surface area contributed by atoms with Crippen LogP contribution in [0, 0.1) is 0 Å². The van der Waals surface area contributed by atoms with Gasteiger partial charge in [0.1, 0.15) is 0 Å². The third-order valence-corrected chi connectivity index (χ3v) is 4.85. The van der Waals surface area contributed by atoms with Gasteiger partial charge in [0, 0.05) is 6.42 Å². The second-order valence-corrected chi connectivity index (χ2v) is 5.68. The maximum absolute atomic E-state index is 2.42. The smallest absolute Gasteiger partial charge is 0.0893 e. The molecule has 1 nitrogen and oxygen atoms in total. The number of rotatable bonds is 2. The van der Waals surface area contributed by atoms with Crippen LogP contribution in [0.5, 0.6) is 0 Å². The van der Waals surface area contributed by atoms with Crippen molar-refractivity contribution in [3.63, 3.8) is 0 Å². The zero-order valence-corrected chi connectivity index (χ0v) is 13.5. The Morgan fingerprint density at radius 3 is 2.35 bits per heavy atom. The lowest BCUT2D eigenvalue weighted by Crippen LogP contribution is -3.00. The van der Waals surface area contributed by atoms with Crippen molar-refractivity contribution in [2.45, 2.75) is 64.3 Å². The molecule has 1 atom stereocenters. The Kier molecular flexibility index (Phi) is 7.08. The SMILES string of the molecule is CC[N+]1(C2CCC=CCCC2)CCCCC1.[I-]. The quantitative estimate of drug-likeness (QED) is 0.395. The lowest BCUT2D eigenvalue weighted by atomic mass is 9.94. The van der Waals surface area contributed by atoms with Gasteiger partial charge in [-0.2, -0.15) is 0 Å². The minimum Gasteiger partial charge on any atom is -1.00 e. The summed E-state index contributed by atoms with van der Waals surface area (Å²) in [7, 11) is 0. The number of nitrogens with zero attached hydrogens (tertiary/aromatic N) is 1. The number of quaternary nitrogens is 1. The molecular weight excluding hydrogens is 321 g/mol. The minimum absolute atomic E-state index is 0. The Labute approximate surface area is 124 Å². The molecule has 0 saturated carbocycles. The summed E-state index contributed by atoms with van der Waals surface area (Å²) in [6.07, 6.45) is 16.2. The van der Waals surface area contributed by atoms with Gasteiger partial charge in [-0.25, -0.2) is 0 Å². The fourth-order valence-corrected chi connectivity index (χ4v) is 3.77. The number of piperidine rings is 1. The average Bonchev–Trinajstić information content (AvgIpc) is 2.29. The highest BCUT2D eigenvalue weighted by molar-refractivity contribution is 4.85. The Morgan fingerprint density at radius 2 is 1.65 bits per heavy atom. The largest absolute Gasteiger partial charge is 1.00 e. The van der Waals surface area contributed by atoms with Crippen molar-refractivity contribution in [2.75, 3.05) is 19.6 Å². The number of halogens is 1. The van der Waals surface area contributed by atoms with Crippen LogP contribution in [-0.4, -0.2) is 30.2 Å². The summed E-state index contributed by atoms with van der Waals surface area (Å²) >= 11 is 0. The van der Waals surface area contributed by atoms with Gasteiger partial charge in [0.25, 0.3) is 0 Å². The third kappa shape index (κ3) is 3.95. The van der Waals surface area contributed by atoms with Gasteiger partial charge in [0.05, 0.1) is 25.7 Å². The van der Waals surface area contributed by atoms with Gasteiger partial charge in [-0.15, -0.1) is 0 Å². The first-order chi connectivity index (χ1) is 7.87. The fourth-order valence-electron chi connectivity index (χ4n) is 3.77. The van der Waals surface area contributed by atoms with E-state index in [1.165, 1.54) is 75.5 Å². The highest BCUT2D eigenvalue weighted by atomic mass is 127. The number of hydrogen-bond donors (Lipinski definition) is 0. The molecule has 100 valence electrons. The van der Waals surface area contributed by atoms with Gasteiger partial charge in [-0.1, -0.05) is 12.2 Å². The van der Waals surface area contributed by atoms with Crippen LogP contribution in [-0.2, 0) is 0 Å². The summed E-state index contributed by atoms with van der Waals surface area (Å²) in [4.78, 5) is 0. The van der Waals surface area contributed by atoms with Crippen LogP contribution >= 0.6 is 0 Å². The Balaban J connectivity index is 0.00000144. The summed E-state index contributed by atoms with van der Waals surface area (Å²) in [6.45, 7) is 6.71. The molecule has 1 aliphatic heterocycles. The molecule has 2 rings (SSSR count). The van der Waals surface area contributed by atoms with Crippen LogP contribution in [0.1, 0.15) is 58.3 Å². The van der Waals surface area contributed by atoms with Gasteiger partial charge in [-0.05, 0) is 51.9 Å². The highest BCUT2D eigenvalue weighted by Gasteiger charge is 2.35. The average molecular weight is 349 g/mol. The first kappa shape index (κ1) is 15.5. The molecule has 1 fully saturated rings. The van der Waals surface area contributed by atoms with Crippen molar-refractivity contribution in [3.05, 3.63) is 12.2 Å². The Morgan fingerprint density at radius 1 is 0.941 bits per heavy atom. The van der Waals surface area contributed by atoms with Crippen LogP contribution in [0.15, 0.2) is 12.2 Å². The van der Waals surface area contributed by atoms with Crippen molar-refractivity contribution in [3.8, 4) is 0 Å². The minimum atomic E-state index is 0. The molecule has 1 heterocycles. The highest BCUT2D eigenvalue weighted by Crippen LogP contribution is 2.29. The number of likely N-dealkylation sites (tertiary alicyclic amines) is 1.